The van der Waals surface area contributed by atoms with Crippen molar-refractivity contribution in [3.63, 3.8) is 0 Å². The summed E-state index contributed by atoms with van der Waals surface area (Å²) in [4.78, 5) is 12.1. The first-order valence-corrected chi connectivity index (χ1v) is 7.28. The van der Waals surface area contributed by atoms with E-state index in [9.17, 15) is 4.79 Å². The van der Waals surface area contributed by atoms with Crippen LogP contribution in [0.3, 0.4) is 0 Å². The van der Waals surface area contributed by atoms with Gasteiger partial charge in [0.2, 0.25) is 0 Å². The second-order valence-corrected chi connectivity index (χ2v) is 4.67. The zero-order valence-corrected chi connectivity index (χ0v) is 12.9. The number of hydrogen-bond donors (Lipinski definition) is 0. The summed E-state index contributed by atoms with van der Waals surface area (Å²) in [6, 6.07) is 16.1. The normalized spacial score (nSPS) is 10.3. The minimum Gasteiger partial charge on any atom is -0.494 e. The van der Waals surface area contributed by atoms with Gasteiger partial charge in [0.15, 0.2) is 12.4 Å². The van der Waals surface area contributed by atoms with Gasteiger partial charge in [-0.1, -0.05) is 18.2 Å². The van der Waals surface area contributed by atoms with Gasteiger partial charge in [0, 0.05) is 5.56 Å². The van der Waals surface area contributed by atoms with Crippen molar-refractivity contribution in [1.29, 1.82) is 5.26 Å². The molecule has 0 unspecified atom stereocenters. The van der Waals surface area contributed by atoms with E-state index >= 15 is 0 Å². The SMILES string of the molecule is CCOc1cccc(/C=C/C(=O)c2ccc(OCC#N)cc2)c1. The number of benzene rings is 2. The van der Waals surface area contributed by atoms with Gasteiger partial charge in [-0.15, -0.1) is 0 Å². The van der Waals surface area contributed by atoms with Crippen LogP contribution in [0.1, 0.15) is 22.8 Å². The van der Waals surface area contributed by atoms with Crippen molar-refractivity contribution in [3.8, 4) is 17.6 Å². The van der Waals surface area contributed by atoms with Crippen LogP contribution < -0.4 is 9.47 Å². The molecule has 0 fully saturated rings. The second kappa shape index (κ2) is 8.40. The van der Waals surface area contributed by atoms with Crippen molar-refractivity contribution in [3.05, 3.63) is 65.7 Å². The summed E-state index contributed by atoms with van der Waals surface area (Å²) in [5, 5.41) is 8.45. The number of carbonyl (C=O) groups is 1. The molecule has 23 heavy (non-hydrogen) atoms. The first kappa shape index (κ1) is 16.3. The van der Waals surface area contributed by atoms with E-state index in [1.165, 1.54) is 6.08 Å². The Morgan fingerprint density at radius 1 is 1.13 bits per heavy atom. The second-order valence-electron chi connectivity index (χ2n) is 4.67. The molecule has 0 radical (unpaired) electrons. The maximum Gasteiger partial charge on any atom is 0.185 e. The van der Waals surface area contributed by atoms with Crippen molar-refractivity contribution in [2.24, 2.45) is 0 Å². The average molecular weight is 307 g/mol. The molecule has 4 nitrogen and oxygen atoms in total. The zero-order chi connectivity index (χ0) is 16.5. The molecule has 0 aliphatic rings. The lowest BCUT2D eigenvalue weighted by molar-refractivity contribution is 0.104. The van der Waals surface area contributed by atoms with Gasteiger partial charge < -0.3 is 9.47 Å². The van der Waals surface area contributed by atoms with Crippen LogP contribution in [0, 0.1) is 11.3 Å². The van der Waals surface area contributed by atoms with Gasteiger partial charge in [0.1, 0.15) is 17.6 Å². The predicted octanol–water partition coefficient (Wildman–Crippen LogP) is 3.88. The molecule has 0 saturated heterocycles. The lowest BCUT2D eigenvalue weighted by Gasteiger charge is -2.03. The largest absolute Gasteiger partial charge is 0.494 e. The number of hydrogen-bond acceptors (Lipinski definition) is 4. The van der Waals surface area contributed by atoms with Crippen molar-refractivity contribution < 1.29 is 14.3 Å². The van der Waals surface area contributed by atoms with Gasteiger partial charge in [-0.05, 0) is 55.0 Å². The molecular formula is C19H17NO3. The molecule has 4 heteroatoms. The highest BCUT2D eigenvalue weighted by molar-refractivity contribution is 6.06. The van der Waals surface area contributed by atoms with E-state index in [2.05, 4.69) is 0 Å². The summed E-state index contributed by atoms with van der Waals surface area (Å²) in [5.41, 5.74) is 1.46. The minimum absolute atomic E-state index is 0.0105. The first-order chi connectivity index (χ1) is 11.2. The van der Waals surface area contributed by atoms with Crippen molar-refractivity contribution >= 4 is 11.9 Å². The molecule has 2 aromatic carbocycles. The minimum atomic E-state index is -0.0985. The number of allylic oxidation sites excluding steroid dienone is 1. The molecule has 0 aliphatic carbocycles. The summed E-state index contributed by atoms with van der Waals surface area (Å²) in [6.07, 6.45) is 3.28. The Bertz CT molecular complexity index is 727. The van der Waals surface area contributed by atoms with Gasteiger partial charge in [-0.25, -0.2) is 0 Å². The van der Waals surface area contributed by atoms with E-state index < -0.39 is 0 Å². The van der Waals surface area contributed by atoms with Crippen molar-refractivity contribution in [2.75, 3.05) is 13.2 Å². The molecular weight excluding hydrogens is 290 g/mol. The number of nitrogens with zero attached hydrogens (tertiary/aromatic N) is 1. The standard InChI is InChI=1S/C19H17NO3/c1-2-22-18-5-3-4-15(14-18)6-11-19(21)16-7-9-17(10-8-16)23-13-12-20/h3-11,14H,2,13H2,1H3/b11-6+. The highest BCUT2D eigenvalue weighted by atomic mass is 16.5. The molecule has 0 heterocycles. The van der Waals surface area contributed by atoms with Gasteiger partial charge >= 0.3 is 0 Å². The highest BCUT2D eigenvalue weighted by Gasteiger charge is 2.02. The van der Waals surface area contributed by atoms with Crippen LogP contribution in [0.15, 0.2) is 54.6 Å². The molecule has 2 aromatic rings. The number of ketones is 1. The molecule has 0 saturated carbocycles. The number of nitriles is 1. The smallest absolute Gasteiger partial charge is 0.185 e. The number of ether oxygens (including phenoxy) is 2. The Kier molecular flexibility index (Phi) is 5.96. The fourth-order valence-electron chi connectivity index (χ4n) is 1.97. The van der Waals surface area contributed by atoms with E-state index in [4.69, 9.17) is 14.7 Å². The third-order valence-corrected chi connectivity index (χ3v) is 3.04. The molecule has 0 amide bonds. The fourth-order valence-corrected chi connectivity index (χ4v) is 1.97. The molecule has 0 aromatic heterocycles. The Balaban J connectivity index is 2.03. The van der Waals surface area contributed by atoms with Gasteiger partial charge in [0.05, 0.1) is 6.61 Å². The highest BCUT2D eigenvalue weighted by Crippen LogP contribution is 2.16. The molecule has 116 valence electrons. The predicted molar refractivity (Wildman–Crippen MR) is 88.5 cm³/mol. The number of rotatable bonds is 7. The molecule has 0 spiro atoms. The lowest BCUT2D eigenvalue weighted by Crippen LogP contribution is -1.96. The van der Waals surface area contributed by atoms with Crippen molar-refractivity contribution in [2.45, 2.75) is 6.92 Å². The Hall–Kier alpha value is -3.06. The van der Waals surface area contributed by atoms with Gasteiger partial charge in [-0.3, -0.25) is 4.79 Å². The monoisotopic (exact) mass is 307 g/mol. The van der Waals surface area contributed by atoms with Crippen LogP contribution in [-0.2, 0) is 0 Å². The summed E-state index contributed by atoms with van der Waals surface area (Å²) in [7, 11) is 0. The molecule has 0 N–H and O–H groups in total. The topological polar surface area (TPSA) is 59.3 Å². The number of carbonyl (C=O) groups excluding carboxylic acids is 1. The fraction of sp³-hybridized carbons (Fsp3) is 0.158. The molecule has 0 atom stereocenters. The van der Waals surface area contributed by atoms with Crippen LogP contribution in [0.5, 0.6) is 11.5 Å². The van der Waals surface area contributed by atoms with Crippen LogP contribution >= 0.6 is 0 Å². The van der Waals surface area contributed by atoms with Gasteiger partial charge in [-0.2, -0.15) is 5.26 Å². The van der Waals surface area contributed by atoms with Gasteiger partial charge in [0.25, 0.3) is 0 Å². The van der Waals surface area contributed by atoms with E-state index in [0.717, 1.165) is 11.3 Å². The lowest BCUT2D eigenvalue weighted by atomic mass is 10.1. The third-order valence-electron chi connectivity index (χ3n) is 3.04. The van der Waals surface area contributed by atoms with Crippen LogP contribution in [0.4, 0.5) is 0 Å². The Labute approximate surface area is 135 Å². The Morgan fingerprint density at radius 2 is 1.91 bits per heavy atom. The molecule has 0 aliphatic heterocycles. The Morgan fingerprint density at radius 3 is 2.61 bits per heavy atom. The zero-order valence-electron chi connectivity index (χ0n) is 12.9. The van der Waals surface area contributed by atoms with Crippen LogP contribution in [-0.4, -0.2) is 19.0 Å². The van der Waals surface area contributed by atoms with E-state index in [-0.39, 0.29) is 12.4 Å². The maximum absolute atomic E-state index is 12.1. The van der Waals surface area contributed by atoms with E-state index in [1.54, 1.807) is 30.3 Å². The summed E-state index contributed by atoms with van der Waals surface area (Å²) < 4.78 is 10.6. The van der Waals surface area contributed by atoms with E-state index in [0.29, 0.717) is 17.9 Å². The molecule has 0 bridgehead atoms. The first-order valence-electron chi connectivity index (χ1n) is 7.28. The summed E-state index contributed by atoms with van der Waals surface area (Å²) >= 11 is 0. The maximum atomic E-state index is 12.1. The van der Waals surface area contributed by atoms with Crippen LogP contribution in [0.25, 0.3) is 6.08 Å². The van der Waals surface area contributed by atoms with Crippen LogP contribution in [0.2, 0.25) is 0 Å². The molecule has 2 rings (SSSR count). The van der Waals surface area contributed by atoms with E-state index in [1.807, 2.05) is 37.3 Å². The van der Waals surface area contributed by atoms with Crippen molar-refractivity contribution in [1.82, 2.24) is 0 Å². The summed E-state index contributed by atoms with van der Waals surface area (Å²) in [6.45, 7) is 2.52. The quantitative estimate of drug-likeness (QED) is 0.575. The summed E-state index contributed by atoms with van der Waals surface area (Å²) in [5.74, 6) is 1.25. The third kappa shape index (κ3) is 5.01. The average Bonchev–Trinajstić information content (AvgIpc) is 2.59.